The second-order valence-electron chi connectivity index (χ2n) is 8.56. The lowest BCUT2D eigenvalue weighted by Crippen LogP contribution is -2.37. The summed E-state index contributed by atoms with van der Waals surface area (Å²) in [6, 6.07) is 2.73. The molecular weight excluding hydrogens is 387 g/mol. The number of aromatic nitrogens is 1. The second kappa shape index (κ2) is 7.54. The van der Waals surface area contributed by atoms with Gasteiger partial charge in [-0.2, -0.15) is 0 Å². The molecule has 1 aromatic carbocycles. The molecule has 2 unspecified atom stereocenters. The van der Waals surface area contributed by atoms with E-state index in [1.54, 1.807) is 15.7 Å². The molecule has 2 heterocycles. The van der Waals surface area contributed by atoms with Gasteiger partial charge in [0.05, 0.1) is 11.1 Å². The van der Waals surface area contributed by atoms with Gasteiger partial charge < -0.3 is 9.67 Å². The van der Waals surface area contributed by atoms with Gasteiger partial charge in [0, 0.05) is 24.7 Å². The van der Waals surface area contributed by atoms with Gasteiger partial charge in [0.15, 0.2) is 0 Å². The van der Waals surface area contributed by atoms with Crippen molar-refractivity contribution in [3.8, 4) is 0 Å². The third-order valence-corrected chi connectivity index (χ3v) is 6.62. The Morgan fingerprint density at radius 3 is 2.80 bits per heavy atom. The predicted octanol–water partition coefficient (Wildman–Crippen LogP) is 4.51. The van der Waals surface area contributed by atoms with Gasteiger partial charge in [-0.1, -0.05) is 11.6 Å². The Hall–Kier alpha value is -2.67. The molecule has 0 saturated carbocycles. The normalized spacial score (nSPS) is 24.3. The van der Waals surface area contributed by atoms with Crippen molar-refractivity contribution in [1.29, 1.82) is 0 Å². The van der Waals surface area contributed by atoms with E-state index in [1.165, 1.54) is 11.8 Å². The number of hydrogen-bond donors (Lipinski definition) is 1. The molecule has 1 aromatic heterocycles. The summed E-state index contributed by atoms with van der Waals surface area (Å²) in [6.07, 6.45) is 7.45. The van der Waals surface area contributed by atoms with Crippen LogP contribution in [0.2, 0.25) is 0 Å². The number of hydrogen-bond acceptors (Lipinski definition) is 4. The van der Waals surface area contributed by atoms with Gasteiger partial charge in [-0.15, -0.1) is 0 Å². The van der Waals surface area contributed by atoms with Gasteiger partial charge in [-0.05, 0) is 64.5 Å². The average molecular weight is 414 g/mol. The number of allylic oxidation sites excluding steroid dienone is 2. The molecule has 0 bridgehead atoms. The maximum absolute atomic E-state index is 15.0. The number of anilines is 1. The van der Waals surface area contributed by atoms with Gasteiger partial charge >= 0.3 is 5.97 Å². The van der Waals surface area contributed by atoms with E-state index in [9.17, 15) is 14.7 Å². The smallest absolute Gasteiger partial charge is 0.341 e. The molecule has 2 aliphatic rings. The monoisotopic (exact) mass is 414 g/mol. The van der Waals surface area contributed by atoms with Crippen molar-refractivity contribution in [2.24, 2.45) is 5.92 Å². The quantitative estimate of drug-likeness (QED) is 0.746. The van der Waals surface area contributed by atoms with Crippen molar-refractivity contribution in [3.05, 3.63) is 51.6 Å². The number of carboxylic acid groups (broad SMARTS) is 1. The standard InChI is InChI=1S/C23H27FN2O4/c1-4-25-13-17(22(28)29)21(27)16-11-18(24)20(12-19(16)25)26-10-9-23(3,30-26)15-7-5-14(2)6-8-15/h5,11-13,15H,4,6-10H2,1-3H3,(H,28,29). The highest BCUT2D eigenvalue weighted by Gasteiger charge is 2.43. The van der Waals surface area contributed by atoms with Crippen LogP contribution >= 0.6 is 0 Å². The fourth-order valence-electron chi connectivity index (χ4n) is 4.64. The summed E-state index contributed by atoms with van der Waals surface area (Å²) in [5.41, 5.74) is 0.779. The van der Waals surface area contributed by atoms with Crippen molar-refractivity contribution < 1.29 is 19.1 Å². The van der Waals surface area contributed by atoms with Crippen LogP contribution < -0.4 is 10.5 Å². The van der Waals surface area contributed by atoms with E-state index in [0.717, 1.165) is 31.7 Å². The number of fused-ring (bicyclic) bond motifs is 1. The van der Waals surface area contributed by atoms with Gasteiger partial charge in [-0.25, -0.2) is 9.18 Å². The molecule has 0 radical (unpaired) electrons. The first-order chi connectivity index (χ1) is 14.2. The van der Waals surface area contributed by atoms with Crippen LogP contribution in [0.15, 0.2) is 34.8 Å². The molecule has 0 amide bonds. The number of rotatable bonds is 4. The molecule has 0 spiro atoms. The van der Waals surface area contributed by atoms with Gasteiger partial charge in [0.2, 0.25) is 5.43 Å². The number of nitrogens with zero attached hydrogens (tertiary/aromatic N) is 2. The Kier molecular flexibility index (Phi) is 5.18. The van der Waals surface area contributed by atoms with Crippen molar-refractivity contribution >= 4 is 22.6 Å². The van der Waals surface area contributed by atoms with Crippen molar-refractivity contribution in [1.82, 2.24) is 4.57 Å². The number of aryl methyl sites for hydroxylation is 1. The molecular formula is C23H27FN2O4. The number of halogens is 1. The largest absolute Gasteiger partial charge is 0.477 e. The molecule has 1 saturated heterocycles. The third kappa shape index (κ3) is 3.41. The van der Waals surface area contributed by atoms with Gasteiger partial charge in [-0.3, -0.25) is 14.7 Å². The maximum Gasteiger partial charge on any atom is 0.341 e. The molecule has 7 heteroatoms. The van der Waals surface area contributed by atoms with Crippen LogP contribution in [0.4, 0.5) is 10.1 Å². The SMILES string of the molecule is CCn1cc(C(=O)O)c(=O)c2cc(F)c(N3CCC(C)(C4CC=C(C)CC4)O3)cc21. The second-order valence-corrected chi connectivity index (χ2v) is 8.56. The van der Waals surface area contributed by atoms with Crippen LogP contribution in [0.25, 0.3) is 10.9 Å². The number of carbonyl (C=O) groups is 1. The van der Waals surface area contributed by atoms with Crippen molar-refractivity contribution in [2.75, 3.05) is 11.6 Å². The minimum absolute atomic E-state index is 0.0628. The molecule has 160 valence electrons. The molecule has 1 aliphatic heterocycles. The maximum atomic E-state index is 15.0. The summed E-state index contributed by atoms with van der Waals surface area (Å²) in [5.74, 6) is -1.53. The molecule has 1 aliphatic carbocycles. The van der Waals surface area contributed by atoms with Crippen LogP contribution in [-0.4, -0.2) is 27.8 Å². The summed E-state index contributed by atoms with van der Waals surface area (Å²) in [6.45, 7) is 7.09. The molecule has 1 fully saturated rings. The van der Waals surface area contributed by atoms with E-state index in [4.69, 9.17) is 4.84 Å². The van der Waals surface area contributed by atoms with E-state index in [-0.39, 0.29) is 22.2 Å². The molecule has 4 rings (SSSR count). The third-order valence-electron chi connectivity index (χ3n) is 6.62. The van der Waals surface area contributed by atoms with E-state index in [1.807, 2.05) is 6.92 Å². The van der Waals surface area contributed by atoms with Crippen LogP contribution in [0.1, 0.15) is 56.8 Å². The first kappa shape index (κ1) is 20.6. The Bertz CT molecular complexity index is 1110. The first-order valence-electron chi connectivity index (χ1n) is 10.5. The minimum atomic E-state index is -1.32. The fourth-order valence-corrected chi connectivity index (χ4v) is 4.64. The Morgan fingerprint density at radius 1 is 1.40 bits per heavy atom. The lowest BCUT2D eigenvalue weighted by atomic mass is 9.77. The zero-order valence-corrected chi connectivity index (χ0v) is 17.6. The summed E-state index contributed by atoms with van der Waals surface area (Å²) >= 11 is 0. The predicted molar refractivity (Wildman–Crippen MR) is 113 cm³/mol. The summed E-state index contributed by atoms with van der Waals surface area (Å²) in [4.78, 5) is 30.2. The van der Waals surface area contributed by atoms with E-state index in [0.29, 0.717) is 24.5 Å². The summed E-state index contributed by atoms with van der Waals surface area (Å²) in [5, 5.41) is 11.0. The molecule has 6 nitrogen and oxygen atoms in total. The van der Waals surface area contributed by atoms with Crippen molar-refractivity contribution in [2.45, 2.75) is 58.6 Å². The highest BCUT2D eigenvalue weighted by molar-refractivity contribution is 5.93. The number of hydroxylamine groups is 1. The topological polar surface area (TPSA) is 71.8 Å². The van der Waals surface area contributed by atoms with Gasteiger partial charge in [0.25, 0.3) is 0 Å². The molecule has 2 aromatic rings. The van der Waals surface area contributed by atoms with E-state index in [2.05, 4.69) is 19.9 Å². The summed E-state index contributed by atoms with van der Waals surface area (Å²) < 4.78 is 16.7. The van der Waals surface area contributed by atoms with Crippen LogP contribution in [-0.2, 0) is 11.4 Å². The zero-order valence-electron chi connectivity index (χ0n) is 17.6. The number of pyridine rings is 1. The molecule has 2 atom stereocenters. The number of carboxylic acids is 1. The van der Waals surface area contributed by atoms with Crippen LogP contribution in [0, 0.1) is 11.7 Å². The Labute approximate surface area is 174 Å². The zero-order chi connectivity index (χ0) is 21.6. The summed E-state index contributed by atoms with van der Waals surface area (Å²) in [7, 11) is 0. The molecule has 30 heavy (non-hydrogen) atoms. The number of aromatic carboxylic acids is 1. The molecule has 1 N–H and O–H groups in total. The highest BCUT2D eigenvalue weighted by Crippen LogP contribution is 2.42. The van der Waals surface area contributed by atoms with Gasteiger partial charge in [0.1, 0.15) is 17.1 Å². The lowest BCUT2D eigenvalue weighted by Gasteiger charge is -2.35. The van der Waals surface area contributed by atoms with Crippen LogP contribution in [0.3, 0.4) is 0 Å². The Morgan fingerprint density at radius 2 is 2.17 bits per heavy atom. The van der Waals surface area contributed by atoms with Crippen LogP contribution in [0.5, 0.6) is 0 Å². The minimum Gasteiger partial charge on any atom is -0.477 e. The highest BCUT2D eigenvalue weighted by atomic mass is 19.1. The average Bonchev–Trinajstić information content (AvgIpc) is 3.11. The van der Waals surface area contributed by atoms with E-state index < -0.39 is 17.2 Å². The first-order valence-corrected chi connectivity index (χ1v) is 10.5. The Balaban J connectivity index is 1.72. The fraction of sp³-hybridized carbons (Fsp3) is 0.478. The lowest BCUT2D eigenvalue weighted by molar-refractivity contribution is -0.0463. The number of benzene rings is 1. The van der Waals surface area contributed by atoms with E-state index >= 15 is 4.39 Å². The van der Waals surface area contributed by atoms with Crippen molar-refractivity contribution in [3.63, 3.8) is 0 Å².